The largest absolute Gasteiger partial charge is 2.00 e. The van der Waals surface area contributed by atoms with Crippen LogP contribution in [-0.4, -0.2) is 23.1 Å². The van der Waals surface area contributed by atoms with Crippen LogP contribution in [0.3, 0.4) is 0 Å². The molecule has 16 heavy (non-hydrogen) atoms. The number of hydrogen-bond acceptors (Lipinski definition) is 0. The molecular weight excluding hydrogens is 204 g/mol. The van der Waals surface area contributed by atoms with Crippen LogP contribution in [0.25, 0.3) is 0 Å². The third-order valence-electron chi connectivity index (χ3n) is 2.46. The molecule has 0 saturated heterocycles. The Hall–Kier alpha value is 0.766. The van der Waals surface area contributed by atoms with E-state index in [1.54, 1.807) is 0 Å². The first kappa shape index (κ1) is 22.0. The van der Waals surface area contributed by atoms with E-state index >= 15 is 0 Å². The smallest absolute Gasteiger partial charge is 0.343 e. The zero-order chi connectivity index (χ0) is 11.8. The van der Waals surface area contributed by atoms with Crippen molar-refractivity contribution < 1.29 is 0 Å². The number of rotatable bonds is 9. The minimum absolute atomic E-state index is 0. The summed E-state index contributed by atoms with van der Waals surface area (Å²) in [6.07, 6.45) is 14.7. The van der Waals surface area contributed by atoms with Gasteiger partial charge in [-0.05, 0) is 0 Å². The molecule has 0 amide bonds. The molecule has 0 aromatic rings. The zero-order valence-corrected chi connectivity index (χ0v) is 13.3. The third kappa shape index (κ3) is 29.3. The Bertz CT molecular complexity index is 71.5. The minimum Gasteiger partial charge on any atom is -0.343 e. The molecule has 0 atom stereocenters. The molecule has 0 aliphatic heterocycles. The van der Waals surface area contributed by atoms with Gasteiger partial charge >= 0.3 is 23.1 Å². The van der Waals surface area contributed by atoms with Crippen molar-refractivity contribution in [1.82, 2.24) is 0 Å². The summed E-state index contributed by atoms with van der Waals surface area (Å²) in [6.45, 7) is 11.8. The van der Waals surface area contributed by atoms with Gasteiger partial charge in [-0.1, -0.05) is 71.6 Å². The Morgan fingerprint density at radius 2 is 0.938 bits per heavy atom. The molecule has 94 valence electrons. The molecule has 0 saturated carbocycles. The van der Waals surface area contributed by atoms with E-state index < -0.39 is 0 Å². The molecule has 0 spiro atoms. The van der Waals surface area contributed by atoms with Crippen molar-refractivity contribution in [1.29, 1.82) is 0 Å². The molecule has 0 heterocycles. The Morgan fingerprint density at radius 1 is 0.562 bits per heavy atom. The van der Waals surface area contributed by atoms with Gasteiger partial charge in [0.25, 0.3) is 0 Å². The molecule has 0 unspecified atom stereocenters. The molecule has 0 aliphatic rings. The van der Waals surface area contributed by atoms with Crippen LogP contribution in [0.2, 0.25) is 0 Å². The van der Waals surface area contributed by atoms with Crippen molar-refractivity contribution in [2.24, 2.45) is 0 Å². The van der Waals surface area contributed by atoms with Gasteiger partial charge in [0, 0.05) is 0 Å². The maximum absolute atomic E-state index is 3.83. The van der Waals surface area contributed by atoms with Crippen molar-refractivity contribution in [2.45, 2.75) is 84.5 Å². The summed E-state index contributed by atoms with van der Waals surface area (Å²) >= 11 is 0. The maximum Gasteiger partial charge on any atom is 2.00 e. The Balaban J connectivity index is -0.000000292. The summed E-state index contributed by atoms with van der Waals surface area (Å²) in [7, 11) is 0. The molecule has 0 radical (unpaired) electrons. The van der Waals surface area contributed by atoms with E-state index in [0.29, 0.717) is 0 Å². The van der Waals surface area contributed by atoms with Gasteiger partial charge in [-0.2, -0.15) is 12.8 Å². The first-order valence-corrected chi connectivity index (χ1v) is 6.91. The fourth-order valence-electron chi connectivity index (χ4n) is 1.31. The molecule has 0 N–H and O–H groups in total. The molecule has 0 rings (SSSR count). The van der Waals surface area contributed by atoms with Crippen LogP contribution in [0.5, 0.6) is 0 Å². The van der Waals surface area contributed by atoms with E-state index in [2.05, 4.69) is 27.7 Å². The number of hydrogen-bond donors (Lipinski definition) is 0. The van der Waals surface area contributed by atoms with Crippen LogP contribution >= 0.6 is 0 Å². The second kappa shape index (κ2) is 24.8. The summed E-state index contributed by atoms with van der Waals surface area (Å²) in [6, 6.07) is 0. The van der Waals surface area contributed by atoms with E-state index in [9.17, 15) is 0 Å². The SMILES string of the molecule is [CH2-]CCC.[CH2-]CCCCCCCCCC.[Mg+2]. The van der Waals surface area contributed by atoms with Crippen molar-refractivity contribution in [3.8, 4) is 0 Å². The van der Waals surface area contributed by atoms with Crippen LogP contribution < -0.4 is 0 Å². The Kier molecular flexibility index (Phi) is 34.1. The second-order valence-corrected chi connectivity index (χ2v) is 4.18. The van der Waals surface area contributed by atoms with E-state index in [-0.39, 0.29) is 23.1 Å². The zero-order valence-electron chi connectivity index (χ0n) is 11.9. The van der Waals surface area contributed by atoms with Crippen LogP contribution in [0.15, 0.2) is 0 Å². The van der Waals surface area contributed by atoms with Gasteiger partial charge in [-0.25, -0.2) is 0 Å². The molecule has 0 aromatic heterocycles. The molecular formula is C15H32Mg. The number of unbranched alkanes of at least 4 members (excludes halogenated alkanes) is 9. The van der Waals surface area contributed by atoms with E-state index in [1.165, 1.54) is 57.8 Å². The van der Waals surface area contributed by atoms with E-state index in [0.717, 1.165) is 12.8 Å². The van der Waals surface area contributed by atoms with Gasteiger partial charge in [-0.15, -0.1) is 0 Å². The van der Waals surface area contributed by atoms with Crippen molar-refractivity contribution in [2.75, 3.05) is 0 Å². The minimum atomic E-state index is 0. The summed E-state index contributed by atoms with van der Waals surface area (Å²) in [5, 5.41) is 0. The predicted molar refractivity (Wildman–Crippen MR) is 78.6 cm³/mol. The normalized spacial score (nSPS) is 9.00. The molecule has 0 fully saturated rings. The third-order valence-corrected chi connectivity index (χ3v) is 2.46. The van der Waals surface area contributed by atoms with Crippen molar-refractivity contribution >= 4 is 23.1 Å². The maximum atomic E-state index is 3.83. The van der Waals surface area contributed by atoms with E-state index in [4.69, 9.17) is 0 Å². The predicted octanol–water partition coefficient (Wildman–Crippen LogP) is 5.59. The monoisotopic (exact) mass is 236 g/mol. The van der Waals surface area contributed by atoms with Gasteiger partial charge in [0.15, 0.2) is 0 Å². The van der Waals surface area contributed by atoms with Crippen molar-refractivity contribution in [3.63, 3.8) is 0 Å². The molecule has 0 nitrogen and oxygen atoms in total. The summed E-state index contributed by atoms with van der Waals surface area (Å²) in [5.74, 6) is 0. The van der Waals surface area contributed by atoms with Gasteiger partial charge in [-0.3, -0.25) is 0 Å². The second-order valence-electron chi connectivity index (χ2n) is 4.18. The van der Waals surface area contributed by atoms with Gasteiger partial charge < -0.3 is 13.8 Å². The Labute approximate surface area is 121 Å². The first-order valence-electron chi connectivity index (χ1n) is 6.91. The molecule has 0 bridgehead atoms. The van der Waals surface area contributed by atoms with Crippen molar-refractivity contribution in [3.05, 3.63) is 13.8 Å². The van der Waals surface area contributed by atoms with Crippen LogP contribution in [-0.2, 0) is 0 Å². The summed E-state index contributed by atoms with van der Waals surface area (Å²) in [5.41, 5.74) is 0. The fraction of sp³-hybridized carbons (Fsp3) is 0.867. The van der Waals surface area contributed by atoms with Crippen LogP contribution in [0.1, 0.15) is 84.5 Å². The average Bonchev–Trinajstić information content (AvgIpc) is 2.28. The summed E-state index contributed by atoms with van der Waals surface area (Å²) in [4.78, 5) is 0. The van der Waals surface area contributed by atoms with Gasteiger partial charge in [0.05, 0.1) is 0 Å². The molecule has 1 heteroatoms. The molecule has 0 aliphatic carbocycles. The van der Waals surface area contributed by atoms with Gasteiger partial charge in [0.2, 0.25) is 0 Å². The fourth-order valence-corrected chi connectivity index (χ4v) is 1.31. The summed E-state index contributed by atoms with van der Waals surface area (Å²) < 4.78 is 0. The first-order chi connectivity index (χ1) is 7.33. The average molecular weight is 237 g/mol. The molecule has 0 aromatic carbocycles. The van der Waals surface area contributed by atoms with E-state index in [1.807, 2.05) is 0 Å². The van der Waals surface area contributed by atoms with Crippen LogP contribution in [0, 0.1) is 13.8 Å². The van der Waals surface area contributed by atoms with Crippen LogP contribution in [0.4, 0.5) is 0 Å². The topological polar surface area (TPSA) is 0 Å². The Morgan fingerprint density at radius 3 is 1.25 bits per heavy atom. The van der Waals surface area contributed by atoms with Gasteiger partial charge in [0.1, 0.15) is 0 Å². The quantitative estimate of drug-likeness (QED) is 0.278. The standard InChI is InChI=1S/C11H23.C4H9.Mg/c1-3-5-7-9-11-10-8-6-4-2;1-3-4-2;/h1,3-11H2,2H3;1,3-4H2,2H3;/q2*-1;+2.